The Kier molecular flexibility index (Phi) is 2.71. The van der Waals surface area contributed by atoms with Crippen molar-refractivity contribution in [3.63, 3.8) is 0 Å². The predicted octanol–water partition coefficient (Wildman–Crippen LogP) is 2.59. The molecule has 1 aromatic rings. The van der Waals surface area contributed by atoms with Gasteiger partial charge in [-0.2, -0.15) is 11.3 Å². The number of hydrogen-bond donors (Lipinski definition) is 0. The van der Waals surface area contributed by atoms with Gasteiger partial charge >= 0.3 is 0 Å². The van der Waals surface area contributed by atoms with Gasteiger partial charge in [0.1, 0.15) is 0 Å². The molecule has 1 spiro atoms. The highest BCUT2D eigenvalue weighted by molar-refractivity contribution is 7.08. The van der Waals surface area contributed by atoms with Gasteiger partial charge in [0.15, 0.2) is 0 Å². The molecule has 3 fully saturated rings. The summed E-state index contributed by atoms with van der Waals surface area (Å²) in [5.41, 5.74) is 1.35. The summed E-state index contributed by atoms with van der Waals surface area (Å²) >= 11 is 1.67. The molecule has 1 atom stereocenters. The molecule has 4 heteroatoms. The Balaban J connectivity index is 1.46. The fourth-order valence-electron chi connectivity index (χ4n) is 3.66. The topological polar surface area (TPSA) is 23.6 Å². The molecule has 2 aliphatic heterocycles. The average molecular weight is 276 g/mol. The van der Waals surface area contributed by atoms with E-state index in [1.165, 1.54) is 32.4 Å². The van der Waals surface area contributed by atoms with Crippen LogP contribution in [0.5, 0.6) is 0 Å². The number of anilines is 1. The van der Waals surface area contributed by atoms with Crippen molar-refractivity contribution >= 4 is 22.9 Å². The van der Waals surface area contributed by atoms with Gasteiger partial charge in [-0.1, -0.05) is 0 Å². The van der Waals surface area contributed by atoms with Crippen LogP contribution in [0.25, 0.3) is 0 Å². The molecule has 1 saturated carbocycles. The van der Waals surface area contributed by atoms with Crippen LogP contribution in [0.3, 0.4) is 0 Å². The van der Waals surface area contributed by atoms with Gasteiger partial charge in [-0.3, -0.25) is 4.79 Å². The highest BCUT2D eigenvalue weighted by atomic mass is 32.1. The quantitative estimate of drug-likeness (QED) is 0.847. The molecule has 1 unspecified atom stereocenters. The molecule has 0 bridgehead atoms. The molecule has 1 aliphatic carbocycles. The molecule has 0 aromatic carbocycles. The van der Waals surface area contributed by atoms with Crippen LogP contribution in [0.15, 0.2) is 16.8 Å². The maximum atomic E-state index is 12.3. The Hall–Kier alpha value is -0.870. The van der Waals surface area contributed by atoms with Crippen molar-refractivity contribution in [2.45, 2.75) is 25.7 Å². The Labute approximate surface area is 118 Å². The zero-order valence-corrected chi connectivity index (χ0v) is 12.0. The zero-order chi connectivity index (χ0) is 12.9. The van der Waals surface area contributed by atoms with Gasteiger partial charge in [0, 0.05) is 36.9 Å². The molecular formula is C15H20N2OS. The van der Waals surface area contributed by atoms with Crippen molar-refractivity contribution in [1.29, 1.82) is 0 Å². The summed E-state index contributed by atoms with van der Waals surface area (Å²) in [5.74, 6) is 1.28. The van der Waals surface area contributed by atoms with Crippen molar-refractivity contribution in [2.75, 3.05) is 31.1 Å². The number of nitrogens with zero attached hydrogens (tertiary/aromatic N) is 2. The number of likely N-dealkylation sites (tertiary alicyclic amines) is 1. The minimum absolute atomic E-state index is 0.244. The van der Waals surface area contributed by atoms with Crippen LogP contribution in [0, 0.1) is 11.3 Å². The van der Waals surface area contributed by atoms with Crippen molar-refractivity contribution < 1.29 is 4.79 Å². The van der Waals surface area contributed by atoms with E-state index in [0.717, 1.165) is 31.1 Å². The van der Waals surface area contributed by atoms with Crippen LogP contribution in [0.1, 0.15) is 25.7 Å². The summed E-state index contributed by atoms with van der Waals surface area (Å²) in [4.78, 5) is 16.9. The lowest BCUT2D eigenvalue weighted by Gasteiger charge is -2.23. The number of carbonyl (C=O) groups excluding carboxylic acids is 1. The lowest BCUT2D eigenvalue weighted by molar-refractivity contribution is -0.117. The lowest BCUT2D eigenvalue weighted by Crippen LogP contribution is -2.31. The lowest BCUT2D eigenvalue weighted by atomic mass is 9.86. The van der Waals surface area contributed by atoms with Gasteiger partial charge in [0.2, 0.25) is 5.91 Å². The van der Waals surface area contributed by atoms with Gasteiger partial charge in [-0.15, -0.1) is 0 Å². The highest BCUT2D eigenvalue weighted by Crippen LogP contribution is 2.43. The molecule has 3 aliphatic rings. The van der Waals surface area contributed by atoms with Crippen molar-refractivity contribution in [3.8, 4) is 0 Å². The van der Waals surface area contributed by atoms with Crippen molar-refractivity contribution in [1.82, 2.24) is 4.90 Å². The van der Waals surface area contributed by atoms with Gasteiger partial charge in [0.05, 0.1) is 5.69 Å². The molecule has 1 amide bonds. The highest BCUT2D eigenvalue weighted by Gasteiger charge is 2.48. The van der Waals surface area contributed by atoms with Gasteiger partial charge < -0.3 is 9.80 Å². The smallest absolute Gasteiger partial charge is 0.227 e. The van der Waals surface area contributed by atoms with Crippen LogP contribution >= 0.6 is 11.3 Å². The maximum absolute atomic E-state index is 12.3. The van der Waals surface area contributed by atoms with E-state index in [0.29, 0.717) is 5.91 Å². The van der Waals surface area contributed by atoms with Gasteiger partial charge in [0.25, 0.3) is 0 Å². The third kappa shape index (κ3) is 2.21. The number of carbonyl (C=O) groups is 1. The number of amides is 1. The van der Waals surface area contributed by atoms with E-state index in [1.807, 2.05) is 4.90 Å². The summed E-state index contributed by atoms with van der Waals surface area (Å²) in [6.45, 7) is 4.54. The largest absolute Gasteiger partial charge is 0.311 e. The second-order valence-corrected chi connectivity index (χ2v) is 7.35. The summed E-state index contributed by atoms with van der Waals surface area (Å²) in [6, 6.07) is 2.07. The molecule has 1 aromatic heterocycles. The molecule has 3 nitrogen and oxygen atoms in total. The number of hydrogen-bond acceptors (Lipinski definition) is 3. The first-order chi connectivity index (χ1) is 9.24. The molecule has 2 saturated heterocycles. The maximum Gasteiger partial charge on any atom is 0.227 e. The first-order valence-corrected chi connectivity index (χ1v) is 8.23. The zero-order valence-electron chi connectivity index (χ0n) is 11.2. The van der Waals surface area contributed by atoms with E-state index < -0.39 is 0 Å². The fraction of sp³-hybridized carbons (Fsp3) is 0.667. The Morgan fingerprint density at radius 2 is 2.26 bits per heavy atom. The standard InChI is InChI=1S/C15H20N2OS/c18-14-7-15(11-17(14)13-3-6-19-9-13)4-5-16(10-15)8-12-1-2-12/h3,6,9,12H,1-2,4-5,7-8,10-11H2. The molecule has 102 valence electrons. The van der Waals surface area contributed by atoms with E-state index in [2.05, 4.69) is 21.7 Å². The molecule has 4 rings (SSSR count). The third-order valence-electron chi connectivity index (χ3n) is 4.87. The monoisotopic (exact) mass is 276 g/mol. The van der Waals surface area contributed by atoms with E-state index in [1.54, 1.807) is 11.3 Å². The second-order valence-electron chi connectivity index (χ2n) is 6.57. The molecular weight excluding hydrogens is 256 g/mol. The summed E-state index contributed by atoms with van der Waals surface area (Å²) < 4.78 is 0. The van der Waals surface area contributed by atoms with Crippen molar-refractivity contribution in [3.05, 3.63) is 16.8 Å². The molecule has 0 radical (unpaired) electrons. The summed E-state index contributed by atoms with van der Waals surface area (Å²) in [6.07, 6.45) is 4.79. The van der Waals surface area contributed by atoms with Crippen LogP contribution in [-0.4, -0.2) is 37.0 Å². The number of thiophene rings is 1. The Morgan fingerprint density at radius 3 is 3.00 bits per heavy atom. The Bertz CT molecular complexity index is 482. The molecule has 19 heavy (non-hydrogen) atoms. The van der Waals surface area contributed by atoms with E-state index in [4.69, 9.17) is 0 Å². The summed E-state index contributed by atoms with van der Waals surface area (Å²) in [7, 11) is 0. The first-order valence-electron chi connectivity index (χ1n) is 7.29. The van der Waals surface area contributed by atoms with Gasteiger partial charge in [-0.25, -0.2) is 0 Å². The second kappa shape index (κ2) is 4.32. The Morgan fingerprint density at radius 1 is 1.37 bits per heavy atom. The summed E-state index contributed by atoms with van der Waals surface area (Å²) in [5, 5.41) is 4.15. The normalized spacial score (nSPS) is 31.8. The van der Waals surface area contributed by atoms with Crippen LogP contribution in [0.4, 0.5) is 5.69 Å². The van der Waals surface area contributed by atoms with Crippen LogP contribution < -0.4 is 4.90 Å². The van der Waals surface area contributed by atoms with Crippen LogP contribution in [0.2, 0.25) is 0 Å². The van der Waals surface area contributed by atoms with E-state index in [9.17, 15) is 4.79 Å². The minimum atomic E-state index is 0.244. The van der Waals surface area contributed by atoms with Gasteiger partial charge in [-0.05, 0) is 43.2 Å². The first kappa shape index (κ1) is 11.9. The van der Waals surface area contributed by atoms with E-state index in [-0.39, 0.29) is 5.41 Å². The number of rotatable bonds is 3. The predicted molar refractivity (Wildman–Crippen MR) is 77.5 cm³/mol. The van der Waals surface area contributed by atoms with Crippen LogP contribution in [-0.2, 0) is 4.79 Å². The fourth-order valence-corrected chi connectivity index (χ4v) is 4.31. The average Bonchev–Trinajstić information content (AvgIpc) is 2.80. The molecule has 3 heterocycles. The van der Waals surface area contributed by atoms with E-state index >= 15 is 0 Å². The molecule has 0 N–H and O–H groups in total. The minimum Gasteiger partial charge on any atom is -0.311 e. The van der Waals surface area contributed by atoms with Crippen molar-refractivity contribution in [2.24, 2.45) is 11.3 Å². The SMILES string of the molecule is O=C1CC2(CCN(CC3CC3)C2)CN1c1ccsc1. The third-order valence-corrected chi connectivity index (χ3v) is 5.54.